The Hall–Kier alpha value is -0.410. The van der Waals surface area contributed by atoms with E-state index in [4.69, 9.17) is 0 Å². The fraction of sp³-hybridized carbons (Fsp3) is 0.600. The number of hydrogen-bond acceptors (Lipinski definition) is 1. The van der Waals surface area contributed by atoms with E-state index < -0.39 is 0 Å². The van der Waals surface area contributed by atoms with Gasteiger partial charge in [0.1, 0.15) is 5.82 Å². The Balaban J connectivity index is 2.31. The smallest absolute Gasteiger partial charge is 0.124 e. The van der Waals surface area contributed by atoms with Crippen molar-refractivity contribution in [2.45, 2.75) is 52.6 Å². The van der Waals surface area contributed by atoms with Crippen molar-refractivity contribution in [2.24, 2.45) is 5.92 Å². The van der Waals surface area contributed by atoms with Crippen molar-refractivity contribution >= 4 is 15.9 Å². The molecule has 0 saturated heterocycles. The molecule has 0 bridgehead atoms. The zero-order valence-corrected chi connectivity index (χ0v) is 13.1. The molecule has 1 rings (SSSR count). The van der Waals surface area contributed by atoms with Gasteiger partial charge in [-0.15, -0.1) is 0 Å². The SMILES string of the molecule is CC(C)CCCC(C)NCc1ccc(F)cc1Br. The molecule has 0 fully saturated rings. The third-order valence-corrected chi connectivity index (χ3v) is 3.81. The molecule has 1 N–H and O–H groups in total. The summed E-state index contributed by atoms with van der Waals surface area (Å²) < 4.78 is 13.8. The van der Waals surface area contributed by atoms with Gasteiger partial charge in [-0.1, -0.05) is 48.7 Å². The fourth-order valence-electron chi connectivity index (χ4n) is 1.88. The number of nitrogens with one attached hydrogen (secondary N) is 1. The van der Waals surface area contributed by atoms with Gasteiger partial charge in [-0.05, 0) is 37.0 Å². The van der Waals surface area contributed by atoms with Gasteiger partial charge in [0.25, 0.3) is 0 Å². The second-order valence-corrected chi connectivity index (χ2v) is 6.20. The van der Waals surface area contributed by atoms with Crippen molar-refractivity contribution in [1.82, 2.24) is 5.32 Å². The van der Waals surface area contributed by atoms with E-state index in [1.165, 1.54) is 31.4 Å². The molecule has 18 heavy (non-hydrogen) atoms. The summed E-state index contributed by atoms with van der Waals surface area (Å²) in [6.07, 6.45) is 3.74. The Kier molecular flexibility index (Phi) is 6.87. The summed E-state index contributed by atoms with van der Waals surface area (Å²) >= 11 is 3.39. The van der Waals surface area contributed by atoms with Crippen molar-refractivity contribution < 1.29 is 4.39 Å². The Morgan fingerprint density at radius 2 is 1.94 bits per heavy atom. The molecular formula is C15H23BrFN. The first-order chi connectivity index (χ1) is 8.49. The van der Waals surface area contributed by atoms with Crippen LogP contribution in [0.1, 0.15) is 45.6 Å². The lowest BCUT2D eigenvalue weighted by Crippen LogP contribution is -2.25. The van der Waals surface area contributed by atoms with Gasteiger partial charge in [-0.25, -0.2) is 4.39 Å². The fourth-order valence-corrected chi connectivity index (χ4v) is 2.37. The molecule has 1 aromatic rings. The van der Waals surface area contributed by atoms with Gasteiger partial charge in [0.15, 0.2) is 0 Å². The standard InChI is InChI=1S/C15H23BrFN/c1-11(2)5-4-6-12(3)18-10-13-7-8-14(17)9-15(13)16/h7-9,11-12,18H,4-6,10H2,1-3H3. The van der Waals surface area contributed by atoms with E-state index in [1.807, 2.05) is 6.07 Å². The van der Waals surface area contributed by atoms with Crippen molar-refractivity contribution in [1.29, 1.82) is 0 Å². The molecule has 0 aromatic heterocycles. The highest BCUT2D eigenvalue weighted by Crippen LogP contribution is 2.18. The van der Waals surface area contributed by atoms with E-state index >= 15 is 0 Å². The Labute approximate surface area is 118 Å². The number of benzene rings is 1. The van der Waals surface area contributed by atoms with Crippen LogP contribution in [0.2, 0.25) is 0 Å². The minimum absolute atomic E-state index is 0.199. The van der Waals surface area contributed by atoms with Gasteiger partial charge in [0, 0.05) is 17.1 Å². The molecule has 3 heteroatoms. The summed E-state index contributed by atoms with van der Waals surface area (Å²) in [6, 6.07) is 5.35. The van der Waals surface area contributed by atoms with Gasteiger partial charge in [0.2, 0.25) is 0 Å². The maximum Gasteiger partial charge on any atom is 0.124 e. The minimum Gasteiger partial charge on any atom is -0.310 e. The lowest BCUT2D eigenvalue weighted by molar-refractivity contribution is 0.457. The molecular weight excluding hydrogens is 293 g/mol. The summed E-state index contributed by atoms with van der Waals surface area (Å²) in [5.41, 5.74) is 1.10. The monoisotopic (exact) mass is 315 g/mol. The summed E-state index contributed by atoms with van der Waals surface area (Å²) in [7, 11) is 0. The third kappa shape index (κ3) is 5.96. The van der Waals surface area contributed by atoms with E-state index in [1.54, 1.807) is 0 Å². The molecule has 0 aliphatic carbocycles. The van der Waals surface area contributed by atoms with Gasteiger partial charge < -0.3 is 5.32 Å². The highest BCUT2D eigenvalue weighted by Gasteiger charge is 2.05. The van der Waals surface area contributed by atoms with Crippen LogP contribution >= 0.6 is 15.9 Å². The molecule has 0 aliphatic heterocycles. The van der Waals surface area contributed by atoms with Crippen molar-refractivity contribution in [3.63, 3.8) is 0 Å². The number of halogens is 2. The second-order valence-electron chi connectivity index (χ2n) is 5.34. The van der Waals surface area contributed by atoms with Crippen LogP contribution in [-0.2, 0) is 6.54 Å². The third-order valence-electron chi connectivity index (χ3n) is 3.07. The van der Waals surface area contributed by atoms with Crippen LogP contribution < -0.4 is 5.32 Å². The summed E-state index contributed by atoms with van der Waals surface area (Å²) in [5.74, 6) is 0.582. The molecule has 0 amide bonds. The Morgan fingerprint density at radius 3 is 2.56 bits per heavy atom. The molecule has 0 radical (unpaired) electrons. The van der Waals surface area contributed by atoms with E-state index in [0.29, 0.717) is 6.04 Å². The van der Waals surface area contributed by atoms with Crippen LogP contribution in [0, 0.1) is 11.7 Å². The molecule has 0 saturated carbocycles. The van der Waals surface area contributed by atoms with Crippen LogP contribution in [0.3, 0.4) is 0 Å². The first-order valence-corrected chi connectivity index (χ1v) is 7.45. The second kappa shape index (κ2) is 7.90. The Bertz CT molecular complexity index is 366. The van der Waals surface area contributed by atoms with Crippen LogP contribution in [-0.4, -0.2) is 6.04 Å². The summed E-state index contributed by atoms with van der Waals surface area (Å²) in [4.78, 5) is 0. The maximum atomic E-state index is 12.9. The normalized spacial score (nSPS) is 13.0. The van der Waals surface area contributed by atoms with Gasteiger partial charge >= 0.3 is 0 Å². The maximum absolute atomic E-state index is 12.9. The first-order valence-electron chi connectivity index (χ1n) is 6.66. The lowest BCUT2D eigenvalue weighted by atomic mass is 10.0. The summed E-state index contributed by atoms with van der Waals surface area (Å²) in [5, 5.41) is 3.48. The summed E-state index contributed by atoms with van der Waals surface area (Å²) in [6.45, 7) is 7.50. The quantitative estimate of drug-likeness (QED) is 0.755. The zero-order valence-electron chi connectivity index (χ0n) is 11.5. The molecule has 1 nitrogen and oxygen atoms in total. The molecule has 102 valence electrons. The number of rotatable bonds is 7. The zero-order chi connectivity index (χ0) is 13.5. The molecule has 0 spiro atoms. The first kappa shape index (κ1) is 15.6. The van der Waals surface area contributed by atoms with E-state index in [-0.39, 0.29) is 5.82 Å². The Morgan fingerprint density at radius 1 is 1.22 bits per heavy atom. The van der Waals surface area contributed by atoms with Crippen LogP contribution in [0.15, 0.2) is 22.7 Å². The highest BCUT2D eigenvalue weighted by atomic mass is 79.9. The van der Waals surface area contributed by atoms with Crippen molar-refractivity contribution in [3.05, 3.63) is 34.1 Å². The van der Waals surface area contributed by atoms with Crippen LogP contribution in [0.5, 0.6) is 0 Å². The average molecular weight is 316 g/mol. The highest BCUT2D eigenvalue weighted by molar-refractivity contribution is 9.10. The van der Waals surface area contributed by atoms with Gasteiger partial charge in [0.05, 0.1) is 0 Å². The van der Waals surface area contributed by atoms with Crippen molar-refractivity contribution in [3.8, 4) is 0 Å². The largest absolute Gasteiger partial charge is 0.310 e. The molecule has 1 unspecified atom stereocenters. The average Bonchev–Trinajstić information content (AvgIpc) is 2.27. The topological polar surface area (TPSA) is 12.0 Å². The molecule has 0 heterocycles. The van der Waals surface area contributed by atoms with Gasteiger partial charge in [-0.2, -0.15) is 0 Å². The molecule has 1 atom stereocenters. The lowest BCUT2D eigenvalue weighted by Gasteiger charge is -2.15. The van der Waals surface area contributed by atoms with Crippen LogP contribution in [0.4, 0.5) is 4.39 Å². The minimum atomic E-state index is -0.199. The van der Waals surface area contributed by atoms with E-state index in [0.717, 1.165) is 22.5 Å². The molecule has 0 aliphatic rings. The van der Waals surface area contributed by atoms with Gasteiger partial charge in [-0.3, -0.25) is 0 Å². The molecule has 1 aromatic carbocycles. The number of hydrogen-bond donors (Lipinski definition) is 1. The predicted molar refractivity (Wildman–Crippen MR) is 79.1 cm³/mol. The predicted octanol–water partition coefficient (Wildman–Crippen LogP) is 4.89. The van der Waals surface area contributed by atoms with E-state index in [2.05, 4.69) is 42.0 Å². The van der Waals surface area contributed by atoms with E-state index in [9.17, 15) is 4.39 Å². The van der Waals surface area contributed by atoms with Crippen molar-refractivity contribution in [2.75, 3.05) is 0 Å². The van der Waals surface area contributed by atoms with Crippen LogP contribution in [0.25, 0.3) is 0 Å².